The highest BCUT2D eigenvalue weighted by atomic mass is 16.5. The van der Waals surface area contributed by atoms with Crippen LogP contribution in [0.15, 0.2) is 120 Å². The van der Waals surface area contributed by atoms with E-state index in [0.717, 1.165) is 27.8 Å². The SMILES string of the molecule is O=C(O)c1ccc(-c2ccccc2)cc1NC(=O)c1ccc(-c2ccoc2)cc1OCc1ccccc1. The largest absolute Gasteiger partial charge is 0.488 e. The molecule has 0 unspecified atom stereocenters. The minimum Gasteiger partial charge on any atom is -0.488 e. The molecule has 1 heterocycles. The molecule has 6 nitrogen and oxygen atoms in total. The summed E-state index contributed by atoms with van der Waals surface area (Å²) in [7, 11) is 0. The third kappa shape index (κ3) is 5.44. The summed E-state index contributed by atoms with van der Waals surface area (Å²) in [4.78, 5) is 25.4. The average Bonchev–Trinajstić information content (AvgIpc) is 3.48. The monoisotopic (exact) mass is 489 g/mol. The smallest absolute Gasteiger partial charge is 0.337 e. The van der Waals surface area contributed by atoms with Crippen LogP contribution >= 0.6 is 0 Å². The van der Waals surface area contributed by atoms with Crippen molar-refractivity contribution in [2.45, 2.75) is 6.61 Å². The van der Waals surface area contributed by atoms with Crippen molar-refractivity contribution >= 4 is 17.6 Å². The zero-order valence-corrected chi connectivity index (χ0v) is 19.8. The van der Waals surface area contributed by atoms with Crippen molar-refractivity contribution in [2.24, 2.45) is 0 Å². The molecule has 5 rings (SSSR count). The number of furan rings is 1. The van der Waals surface area contributed by atoms with Gasteiger partial charge in [-0.05, 0) is 52.6 Å². The van der Waals surface area contributed by atoms with Gasteiger partial charge in [-0.1, -0.05) is 72.8 Å². The Labute approximate surface area is 213 Å². The fourth-order valence-corrected chi connectivity index (χ4v) is 4.01. The summed E-state index contributed by atoms with van der Waals surface area (Å²) in [6, 6.07) is 31.1. The van der Waals surface area contributed by atoms with Crippen LogP contribution in [0.5, 0.6) is 5.75 Å². The number of amides is 1. The first-order chi connectivity index (χ1) is 18.1. The molecule has 4 aromatic carbocycles. The van der Waals surface area contributed by atoms with Gasteiger partial charge in [0.25, 0.3) is 5.91 Å². The van der Waals surface area contributed by atoms with Gasteiger partial charge in [0.2, 0.25) is 0 Å². The van der Waals surface area contributed by atoms with Gasteiger partial charge in [-0.15, -0.1) is 0 Å². The molecule has 1 amide bonds. The Morgan fingerprint density at radius 2 is 1.41 bits per heavy atom. The van der Waals surface area contributed by atoms with E-state index in [1.165, 1.54) is 6.07 Å². The molecule has 2 N–H and O–H groups in total. The number of rotatable bonds is 8. The van der Waals surface area contributed by atoms with E-state index in [9.17, 15) is 14.7 Å². The molecular weight excluding hydrogens is 466 g/mol. The molecule has 0 fully saturated rings. The highest BCUT2D eigenvalue weighted by Gasteiger charge is 2.19. The van der Waals surface area contributed by atoms with Gasteiger partial charge in [0.15, 0.2) is 0 Å². The van der Waals surface area contributed by atoms with Crippen molar-refractivity contribution < 1.29 is 23.8 Å². The predicted molar refractivity (Wildman–Crippen MR) is 142 cm³/mol. The number of carboxylic acid groups (broad SMARTS) is 1. The van der Waals surface area contributed by atoms with Gasteiger partial charge in [-0.3, -0.25) is 4.79 Å². The molecule has 0 saturated carbocycles. The Balaban J connectivity index is 1.49. The Bertz CT molecular complexity index is 1530. The van der Waals surface area contributed by atoms with E-state index in [1.807, 2.05) is 66.7 Å². The standard InChI is InChI=1S/C31H23NO5/c33-30(32-28-17-23(11-13-26(28)31(34)35)22-9-5-2-6-10-22)27-14-12-24(25-15-16-36-20-25)18-29(27)37-19-21-7-3-1-4-8-21/h1-18,20H,19H2,(H,32,33)(H,34,35). The highest BCUT2D eigenvalue weighted by molar-refractivity contribution is 6.09. The molecule has 0 aliphatic heterocycles. The number of anilines is 1. The molecule has 0 radical (unpaired) electrons. The average molecular weight is 490 g/mol. The maximum Gasteiger partial charge on any atom is 0.337 e. The van der Waals surface area contributed by atoms with Gasteiger partial charge in [0.1, 0.15) is 12.4 Å². The first-order valence-electron chi connectivity index (χ1n) is 11.7. The first kappa shape index (κ1) is 23.6. The van der Waals surface area contributed by atoms with Crippen LogP contribution in [0.1, 0.15) is 26.3 Å². The normalized spacial score (nSPS) is 10.6. The number of carbonyl (C=O) groups is 2. The fraction of sp³-hybridized carbons (Fsp3) is 0.0323. The Morgan fingerprint density at radius 3 is 2.08 bits per heavy atom. The molecule has 0 aliphatic rings. The highest BCUT2D eigenvalue weighted by Crippen LogP contribution is 2.31. The van der Waals surface area contributed by atoms with E-state index in [4.69, 9.17) is 9.15 Å². The lowest BCUT2D eigenvalue weighted by atomic mass is 10.0. The number of ether oxygens (including phenoxy) is 1. The van der Waals surface area contributed by atoms with Crippen LogP contribution in [0, 0.1) is 0 Å². The lowest BCUT2D eigenvalue weighted by Gasteiger charge is -2.15. The predicted octanol–water partition coefficient (Wildman–Crippen LogP) is 7.14. The summed E-state index contributed by atoms with van der Waals surface area (Å²) in [5.74, 6) is -1.24. The van der Waals surface area contributed by atoms with E-state index in [0.29, 0.717) is 5.75 Å². The second kappa shape index (κ2) is 10.7. The molecule has 5 aromatic rings. The van der Waals surface area contributed by atoms with E-state index >= 15 is 0 Å². The van der Waals surface area contributed by atoms with Gasteiger partial charge >= 0.3 is 5.97 Å². The quantitative estimate of drug-likeness (QED) is 0.242. The van der Waals surface area contributed by atoms with Crippen LogP contribution in [-0.2, 0) is 6.61 Å². The molecule has 0 spiro atoms. The summed E-state index contributed by atoms with van der Waals surface area (Å²) in [6.07, 6.45) is 3.19. The summed E-state index contributed by atoms with van der Waals surface area (Å²) >= 11 is 0. The van der Waals surface area contributed by atoms with Crippen molar-refractivity contribution in [3.05, 3.63) is 132 Å². The molecule has 1 aromatic heterocycles. The molecule has 182 valence electrons. The maximum absolute atomic E-state index is 13.5. The second-order valence-electron chi connectivity index (χ2n) is 8.38. The fourth-order valence-electron chi connectivity index (χ4n) is 4.01. The molecular formula is C31H23NO5. The third-order valence-corrected chi connectivity index (χ3v) is 5.92. The lowest BCUT2D eigenvalue weighted by molar-refractivity contribution is 0.0698. The van der Waals surface area contributed by atoms with Crippen LogP contribution in [-0.4, -0.2) is 17.0 Å². The minimum atomic E-state index is -1.13. The van der Waals surface area contributed by atoms with Crippen LogP contribution in [0.2, 0.25) is 0 Å². The minimum absolute atomic E-state index is 0.00481. The number of hydrogen-bond acceptors (Lipinski definition) is 4. The van der Waals surface area contributed by atoms with E-state index in [1.54, 1.807) is 42.9 Å². The molecule has 0 saturated heterocycles. The molecule has 37 heavy (non-hydrogen) atoms. The van der Waals surface area contributed by atoms with Crippen molar-refractivity contribution in [3.8, 4) is 28.0 Å². The van der Waals surface area contributed by atoms with Crippen LogP contribution < -0.4 is 10.1 Å². The first-order valence-corrected chi connectivity index (χ1v) is 11.7. The van der Waals surface area contributed by atoms with E-state index in [2.05, 4.69) is 5.32 Å². The molecule has 0 aliphatic carbocycles. The number of nitrogens with one attached hydrogen (secondary N) is 1. The van der Waals surface area contributed by atoms with Crippen LogP contribution in [0.4, 0.5) is 5.69 Å². The number of carboxylic acids is 1. The van der Waals surface area contributed by atoms with Gasteiger partial charge in [-0.2, -0.15) is 0 Å². The third-order valence-electron chi connectivity index (χ3n) is 5.92. The van der Waals surface area contributed by atoms with Crippen LogP contribution in [0.25, 0.3) is 22.3 Å². The van der Waals surface area contributed by atoms with Gasteiger partial charge < -0.3 is 19.6 Å². The lowest BCUT2D eigenvalue weighted by Crippen LogP contribution is -2.16. The van der Waals surface area contributed by atoms with Gasteiger partial charge in [-0.25, -0.2) is 4.79 Å². The molecule has 6 heteroatoms. The summed E-state index contributed by atoms with van der Waals surface area (Å²) < 4.78 is 11.3. The molecule has 0 atom stereocenters. The van der Waals surface area contributed by atoms with Crippen molar-refractivity contribution in [2.75, 3.05) is 5.32 Å². The zero-order chi connectivity index (χ0) is 25.6. The number of aromatic carboxylic acids is 1. The maximum atomic E-state index is 13.5. The van der Waals surface area contributed by atoms with Crippen molar-refractivity contribution in [1.29, 1.82) is 0 Å². The van der Waals surface area contributed by atoms with Crippen LogP contribution in [0.3, 0.4) is 0 Å². The molecule has 0 bridgehead atoms. The Morgan fingerprint density at radius 1 is 0.730 bits per heavy atom. The zero-order valence-electron chi connectivity index (χ0n) is 19.8. The number of hydrogen-bond donors (Lipinski definition) is 2. The van der Waals surface area contributed by atoms with Gasteiger partial charge in [0.05, 0.1) is 29.3 Å². The number of benzene rings is 4. The summed E-state index contributed by atoms with van der Waals surface area (Å²) in [5, 5.41) is 12.5. The second-order valence-corrected chi connectivity index (χ2v) is 8.38. The number of carbonyl (C=O) groups excluding carboxylic acids is 1. The van der Waals surface area contributed by atoms with Crippen molar-refractivity contribution in [3.63, 3.8) is 0 Å². The van der Waals surface area contributed by atoms with E-state index in [-0.39, 0.29) is 23.4 Å². The topological polar surface area (TPSA) is 88.8 Å². The Hall–Kier alpha value is -5.10. The summed E-state index contributed by atoms with van der Waals surface area (Å²) in [6.45, 7) is 0.264. The summed E-state index contributed by atoms with van der Waals surface area (Å²) in [5.41, 5.74) is 4.80. The van der Waals surface area contributed by atoms with Crippen molar-refractivity contribution in [1.82, 2.24) is 0 Å². The van der Waals surface area contributed by atoms with Gasteiger partial charge in [0, 0.05) is 5.56 Å². The van der Waals surface area contributed by atoms with E-state index < -0.39 is 11.9 Å². The Kier molecular flexibility index (Phi) is 6.81.